The fourth-order valence-corrected chi connectivity index (χ4v) is 5.60. The van der Waals surface area contributed by atoms with Gasteiger partial charge in [0, 0.05) is 16.6 Å². The van der Waals surface area contributed by atoms with Gasteiger partial charge in [-0.2, -0.15) is 0 Å². The molecule has 0 heterocycles. The summed E-state index contributed by atoms with van der Waals surface area (Å²) in [5.41, 5.74) is 3.03. The first-order valence-electron chi connectivity index (χ1n) is 11.8. The number of ether oxygens (including phenoxy) is 1. The lowest BCUT2D eigenvalue weighted by Gasteiger charge is -2.25. The summed E-state index contributed by atoms with van der Waals surface area (Å²) in [6.07, 6.45) is 0. The van der Waals surface area contributed by atoms with Gasteiger partial charge in [-0.15, -0.1) is 0 Å². The van der Waals surface area contributed by atoms with Crippen molar-refractivity contribution in [2.45, 2.75) is 24.9 Å². The van der Waals surface area contributed by atoms with Gasteiger partial charge in [-0.25, -0.2) is 8.42 Å². The number of rotatable bonds is 10. The number of aryl methyl sites for hydroxylation is 1. The molecular weight excluding hydrogens is 543 g/mol. The fraction of sp³-hybridized carbons (Fsp3) is 0.138. The molecule has 0 saturated heterocycles. The lowest BCUT2D eigenvalue weighted by Crippen LogP contribution is -2.30. The first-order chi connectivity index (χ1) is 18.2. The molecule has 4 rings (SSSR count). The van der Waals surface area contributed by atoms with Crippen LogP contribution >= 0.6 is 23.2 Å². The molecule has 6 nitrogen and oxygen atoms in total. The molecule has 196 valence electrons. The molecule has 0 aliphatic carbocycles. The minimum absolute atomic E-state index is 0.160. The number of sulfonamides is 1. The van der Waals surface area contributed by atoms with Crippen LogP contribution < -0.4 is 14.4 Å². The number of carbonyl (C=O) groups excluding carboxylic acids is 1. The maximum atomic E-state index is 13.6. The quantitative estimate of drug-likeness (QED) is 0.240. The van der Waals surface area contributed by atoms with Crippen LogP contribution in [-0.2, 0) is 27.9 Å². The SMILES string of the molecule is Cc1ccc(S(=O)(=O)N(Cc2ccccc2)c2ccc(OCC(=O)NCc3ccc(Cl)cc3Cl)cc2)cc1. The van der Waals surface area contributed by atoms with E-state index in [0.29, 0.717) is 21.5 Å². The Bertz CT molecular complexity index is 1490. The highest BCUT2D eigenvalue weighted by atomic mass is 35.5. The lowest BCUT2D eigenvalue weighted by atomic mass is 10.2. The molecule has 0 aromatic heterocycles. The van der Waals surface area contributed by atoms with Crippen molar-refractivity contribution in [1.82, 2.24) is 5.32 Å². The number of benzene rings is 4. The summed E-state index contributed by atoms with van der Waals surface area (Å²) in [4.78, 5) is 12.5. The highest BCUT2D eigenvalue weighted by molar-refractivity contribution is 7.92. The van der Waals surface area contributed by atoms with E-state index >= 15 is 0 Å². The molecule has 0 bridgehead atoms. The Morgan fingerprint density at radius 3 is 2.24 bits per heavy atom. The molecule has 0 saturated carbocycles. The van der Waals surface area contributed by atoms with Crippen molar-refractivity contribution in [2.75, 3.05) is 10.9 Å². The van der Waals surface area contributed by atoms with Gasteiger partial charge in [0.15, 0.2) is 6.61 Å². The highest BCUT2D eigenvalue weighted by Gasteiger charge is 2.25. The second-order valence-corrected chi connectivity index (χ2v) is 11.3. The second-order valence-electron chi connectivity index (χ2n) is 8.61. The lowest BCUT2D eigenvalue weighted by molar-refractivity contribution is -0.123. The Kier molecular flexibility index (Phi) is 8.94. The second kappa shape index (κ2) is 12.3. The highest BCUT2D eigenvalue weighted by Crippen LogP contribution is 2.28. The Balaban J connectivity index is 1.45. The van der Waals surface area contributed by atoms with Crippen LogP contribution in [0.5, 0.6) is 5.75 Å². The summed E-state index contributed by atoms with van der Waals surface area (Å²) in [6, 6.07) is 27.8. The molecule has 0 aliphatic heterocycles. The van der Waals surface area contributed by atoms with E-state index in [1.807, 2.05) is 37.3 Å². The summed E-state index contributed by atoms with van der Waals surface area (Å²) < 4.78 is 34.2. The normalized spacial score (nSPS) is 11.1. The minimum atomic E-state index is -3.84. The predicted molar refractivity (Wildman–Crippen MR) is 151 cm³/mol. The van der Waals surface area contributed by atoms with Crippen LogP contribution in [0.1, 0.15) is 16.7 Å². The van der Waals surface area contributed by atoms with E-state index in [1.54, 1.807) is 66.7 Å². The van der Waals surface area contributed by atoms with Gasteiger partial charge in [0.25, 0.3) is 15.9 Å². The summed E-state index contributed by atoms with van der Waals surface area (Å²) >= 11 is 12.0. The van der Waals surface area contributed by atoms with Crippen LogP contribution in [0.15, 0.2) is 102 Å². The number of nitrogens with one attached hydrogen (secondary N) is 1. The van der Waals surface area contributed by atoms with Gasteiger partial charge in [0.2, 0.25) is 0 Å². The third-order valence-electron chi connectivity index (χ3n) is 5.76. The van der Waals surface area contributed by atoms with Crippen LogP contribution in [0.3, 0.4) is 0 Å². The van der Waals surface area contributed by atoms with Gasteiger partial charge in [0.05, 0.1) is 17.1 Å². The summed E-state index contributed by atoms with van der Waals surface area (Å²) in [7, 11) is -3.84. The molecule has 1 N–H and O–H groups in total. The standard InChI is InChI=1S/C29H26Cl2N2O4S/c1-21-7-15-27(16-8-21)38(35,36)33(19-22-5-3-2-4-6-22)25-11-13-26(14-12-25)37-20-29(34)32-18-23-9-10-24(30)17-28(23)31/h2-17H,18-20H2,1H3,(H,32,34). The smallest absolute Gasteiger partial charge is 0.264 e. The van der Waals surface area contributed by atoms with Crippen molar-refractivity contribution in [3.05, 3.63) is 124 Å². The van der Waals surface area contributed by atoms with E-state index in [-0.39, 0.29) is 30.5 Å². The number of halogens is 2. The van der Waals surface area contributed by atoms with Gasteiger partial charge in [-0.05, 0) is 66.6 Å². The molecule has 1 amide bonds. The maximum Gasteiger partial charge on any atom is 0.264 e. The first kappa shape index (κ1) is 27.5. The molecule has 4 aromatic rings. The van der Waals surface area contributed by atoms with E-state index in [9.17, 15) is 13.2 Å². The van der Waals surface area contributed by atoms with Gasteiger partial charge in [-0.1, -0.05) is 77.3 Å². The van der Waals surface area contributed by atoms with Crippen LogP contribution in [-0.4, -0.2) is 20.9 Å². The zero-order valence-corrected chi connectivity index (χ0v) is 22.9. The molecule has 0 fully saturated rings. The van der Waals surface area contributed by atoms with Crippen LogP contribution in [0, 0.1) is 6.92 Å². The monoisotopic (exact) mass is 568 g/mol. The summed E-state index contributed by atoms with van der Waals surface area (Å²) in [5, 5.41) is 3.74. The molecule has 0 spiro atoms. The Hall–Kier alpha value is -3.52. The van der Waals surface area contributed by atoms with E-state index in [1.165, 1.54) is 4.31 Å². The summed E-state index contributed by atoms with van der Waals surface area (Å²) in [6.45, 7) is 2.10. The van der Waals surface area contributed by atoms with Crippen molar-refractivity contribution in [3.8, 4) is 5.75 Å². The van der Waals surface area contributed by atoms with Crippen LogP contribution in [0.25, 0.3) is 0 Å². The van der Waals surface area contributed by atoms with Crippen molar-refractivity contribution in [1.29, 1.82) is 0 Å². The number of carbonyl (C=O) groups is 1. The minimum Gasteiger partial charge on any atom is -0.484 e. The van der Waals surface area contributed by atoms with E-state index in [0.717, 1.165) is 16.7 Å². The fourth-order valence-electron chi connectivity index (χ4n) is 3.67. The first-order valence-corrected chi connectivity index (χ1v) is 14.0. The van der Waals surface area contributed by atoms with Crippen LogP contribution in [0.4, 0.5) is 5.69 Å². The average Bonchev–Trinajstić information content (AvgIpc) is 2.91. The molecule has 0 unspecified atom stereocenters. The predicted octanol–water partition coefficient (Wildman–Crippen LogP) is 6.39. The number of nitrogens with zero attached hydrogens (tertiary/aromatic N) is 1. The largest absolute Gasteiger partial charge is 0.484 e. The Labute approximate surface area is 232 Å². The average molecular weight is 570 g/mol. The van der Waals surface area contributed by atoms with Gasteiger partial charge in [-0.3, -0.25) is 9.10 Å². The van der Waals surface area contributed by atoms with Crippen molar-refractivity contribution in [3.63, 3.8) is 0 Å². The van der Waals surface area contributed by atoms with E-state index in [4.69, 9.17) is 27.9 Å². The number of hydrogen-bond acceptors (Lipinski definition) is 4. The van der Waals surface area contributed by atoms with Gasteiger partial charge >= 0.3 is 0 Å². The number of anilines is 1. The zero-order valence-electron chi connectivity index (χ0n) is 20.6. The molecule has 9 heteroatoms. The zero-order chi connectivity index (χ0) is 27.1. The maximum absolute atomic E-state index is 13.6. The third kappa shape index (κ3) is 7.07. The van der Waals surface area contributed by atoms with Crippen molar-refractivity contribution >= 4 is 44.8 Å². The third-order valence-corrected chi connectivity index (χ3v) is 8.14. The van der Waals surface area contributed by atoms with E-state index in [2.05, 4.69) is 5.32 Å². The van der Waals surface area contributed by atoms with Crippen LogP contribution in [0.2, 0.25) is 10.0 Å². The number of hydrogen-bond donors (Lipinski definition) is 1. The van der Waals surface area contributed by atoms with Gasteiger partial charge in [0.1, 0.15) is 5.75 Å². The Morgan fingerprint density at radius 1 is 0.895 bits per heavy atom. The van der Waals surface area contributed by atoms with E-state index < -0.39 is 10.0 Å². The molecular formula is C29H26Cl2N2O4S. The Morgan fingerprint density at radius 2 is 1.58 bits per heavy atom. The molecule has 0 atom stereocenters. The topological polar surface area (TPSA) is 75.7 Å². The molecule has 38 heavy (non-hydrogen) atoms. The van der Waals surface area contributed by atoms with Crippen molar-refractivity contribution in [2.24, 2.45) is 0 Å². The molecule has 0 aliphatic rings. The summed E-state index contributed by atoms with van der Waals surface area (Å²) in [5.74, 6) is 0.105. The molecule has 0 radical (unpaired) electrons. The van der Waals surface area contributed by atoms with Gasteiger partial charge < -0.3 is 10.1 Å². The number of amides is 1. The molecule has 4 aromatic carbocycles. The van der Waals surface area contributed by atoms with Crippen molar-refractivity contribution < 1.29 is 17.9 Å².